The van der Waals surface area contributed by atoms with Crippen molar-refractivity contribution >= 4 is 22.6 Å². The molecule has 0 spiro atoms. The maximum Gasteiger partial charge on any atom is 0.322 e. The van der Waals surface area contributed by atoms with E-state index in [1.165, 1.54) is 12.1 Å². The number of aromatic amines is 1. The Morgan fingerprint density at radius 2 is 1.97 bits per heavy atom. The molecule has 0 fully saturated rings. The number of hydrogen-bond acceptors (Lipinski definition) is 3. The summed E-state index contributed by atoms with van der Waals surface area (Å²) in [4.78, 5) is 18.6. The lowest BCUT2D eigenvalue weighted by Gasteiger charge is -2.29. The molecule has 30 heavy (non-hydrogen) atoms. The first-order chi connectivity index (χ1) is 14.6. The molecule has 5 rings (SSSR count). The maximum atomic E-state index is 13.1. The van der Waals surface area contributed by atoms with Gasteiger partial charge in [0.05, 0.1) is 5.52 Å². The van der Waals surface area contributed by atoms with Gasteiger partial charge in [-0.2, -0.15) is 5.10 Å². The summed E-state index contributed by atoms with van der Waals surface area (Å²) in [5, 5.41) is 11.5. The number of amides is 2. The Hall–Kier alpha value is -3.74. The predicted octanol–water partition coefficient (Wildman–Crippen LogP) is 4.66. The molecule has 2 aromatic carbocycles. The molecule has 4 aromatic rings. The molecule has 0 bridgehead atoms. The van der Waals surface area contributed by atoms with E-state index in [2.05, 4.69) is 26.6 Å². The number of fused-ring (bicyclic) bond motifs is 2. The van der Waals surface area contributed by atoms with Crippen LogP contribution in [0.4, 0.5) is 14.9 Å². The van der Waals surface area contributed by atoms with Crippen molar-refractivity contribution in [2.75, 3.05) is 11.9 Å². The zero-order valence-corrected chi connectivity index (χ0v) is 16.4. The Morgan fingerprint density at radius 1 is 1.13 bits per heavy atom. The van der Waals surface area contributed by atoms with Crippen LogP contribution >= 0.6 is 0 Å². The summed E-state index contributed by atoms with van der Waals surface area (Å²) in [5.74, 6) is -0.257. The van der Waals surface area contributed by atoms with Crippen molar-refractivity contribution in [1.29, 1.82) is 0 Å². The van der Waals surface area contributed by atoms with E-state index in [0.29, 0.717) is 19.5 Å². The van der Waals surface area contributed by atoms with Gasteiger partial charge in [0, 0.05) is 41.6 Å². The SMILES string of the molecule is Cc1cc(-c2n[nH]c3cc4c(cc23)CN(CCc2ccc(F)cc2)C(=O)N4)ccn1. The summed E-state index contributed by atoms with van der Waals surface area (Å²) < 4.78 is 13.1. The van der Waals surface area contributed by atoms with Crippen LogP contribution in [-0.4, -0.2) is 32.7 Å². The summed E-state index contributed by atoms with van der Waals surface area (Å²) in [6.07, 6.45) is 2.44. The third-order valence-electron chi connectivity index (χ3n) is 5.43. The Morgan fingerprint density at radius 3 is 2.77 bits per heavy atom. The van der Waals surface area contributed by atoms with Crippen LogP contribution in [-0.2, 0) is 13.0 Å². The molecule has 6 nitrogen and oxygen atoms in total. The molecule has 150 valence electrons. The Balaban J connectivity index is 1.42. The molecule has 1 aliphatic heterocycles. The minimum absolute atomic E-state index is 0.131. The van der Waals surface area contributed by atoms with E-state index >= 15 is 0 Å². The number of aryl methyl sites for hydroxylation is 1. The molecule has 0 saturated carbocycles. The monoisotopic (exact) mass is 401 g/mol. The van der Waals surface area contributed by atoms with E-state index in [4.69, 9.17) is 0 Å². The van der Waals surface area contributed by atoms with Gasteiger partial charge < -0.3 is 10.2 Å². The van der Waals surface area contributed by atoms with Gasteiger partial charge in [-0.3, -0.25) is 10.1 Å². The number of nitrogens with one attached hydrogen (secondary N) is 2. The second-order valence-corrected chi connectivity index (χ2v) is 7.54. The second-order valence-electron chi connectivity index (χ2n) is 7.54. The number of anilines is 1. The molecule has 0 saturated heterocycles. The minimum Gasteiger partial charge on any atom is -0.320 e. The van der Waals surface area contributed by atoms with Crippen LogP contribution in [0, 0.1) is 12.7 Å². The number of benzene rings is 2. The van der Waals surface area contributed by atoms with Crippen molar-refractivity contribution in [3.63, 3.8) is 0 Å². The summed E-state index contributed by atoms with van der Waals surface area (Å²) >= 11 is 0. The first-order valence-electron chi connectivity index (χ1n) is 9.81. The van der Waals surface area contributed by atoms with Crippen LogP contribution in [0.2, 0.25) is 0 Å². The van der Waals surface area contributed by atoms with Gasteiger partial charge in [-0.05, 0) is 60.9 Å². The number of pyridine rings is 1. The van der Waals surface area contributed by atoms with Crippen LogP contribution in [0.25, 0.3) is 22.2 Å². The van der Waals surface area contributed by atoms with Crippen LogP contribution in [0.5, 0.6) is 0 Å². The minimum atomic E-state index is -0.257. The topological polar surface area (TPSA) is 73.9 Å². The summed E-state index contributed by atoms with van der Waals surface area (Å²) in [6, 6.07) is 14.2. The van der Waals surface area contributed by atoms with Crippen molar-refractivity contribution in [3.8, 4) is 11.3 Å². The fourth-order valence-electron chi connectivity index (χ4n) is 3.84. The average molecular weight is 401 g/mol. The number of rotatable bonds is 4. The van der Waals surface area contributed by atoms with Crippen LogP contribution in [0.3, 0.4) is 0 Å². The van der Waals surface area contributed by atoms with Gasteiger partial charge in [0.2, 0.25) is 0 Å². The molecule has 1 aliphatic rings. The smallest absolute Gasteiger partial charge is 0.320 e. The van der Waals surface area contributed by atoms with Gasteiger partial charge in [-0.1, -0.05) is 12.1 Å². The first-order valence-corrected chi connectivity index (χ1v) is 9.81. The number of halogens is 1. The third kappa shape index (κ3) is 3.39. The quantitative estimate of drug-likeness (QED) is 0.522. The highest BCUT2D eigenvalue weighted by atomic mass is 19.1. The second kappa shape index (κ2) is 7.26. The molecule has 2 aromatic heterocycles. The molecular weight excluding hydrogens is 381 g/mol. The molecule has 0 aliphatic carbocycles. The lowest BCUT2D eigenvalue weighted by Crippen LogP contribution is -2.39. The predicted molar refractivity (Wildman–Crippen MR) is 114 cm³/mol. The van der Waals surface area contributed by atoms with Crippen LogP contribution < -0.4 is 5.32 Å². The third-order valence-corrected chi connectivity index (χ3v) is 5.43. The van der Waals surface area contributed by atoms with E-state index in [0.717, 1.165) is 44.7 Å². The highest BCUT2D eigenvalue weighted by Crippen LogP contribution is 2.33. The van der Waals surface area contributed by atoms with Crippen LogP contribution in [0.15, 0.2) is 54.7 Å². The molecule has 3 heterocycles. The van der Waals surface area contributed by atoms with E-state index in [-0.39, 0.29) is 11.8 Å². The van der Waals surface area contributed by atoms with Crippen molar-refractivity contribution in [2.45, 2.75) is 19.9 Å². The van der Waals surface area contributed by atoms with Gasteiger partial charge in [0.1, 0.15) is 11.5 Å². The summed E-state index contributed by atoms with van der Waals surface area (Å²) in [6.45, 7) is 3.02. The molecular formula is C23H20FN5O. The lowest BCUT2D eigenvalue weighted by molar-refractivity contribution is 0.207. The number of aromatic nitrogens is 3. The molecule has 0 atom stereocenters. The number of H-pyrrole nitrogens is 1. The highest BCUT2D eigenvalue weighted by molar-refractivity contribution is 6.00. The number of hydrogen-bond donors (Lipinski definition) is 2. The fraction of sp³-hybridized carbons (Fsp3) is 0.174. The van der Waals surface area contributed by atoms with Crippen molar-refractivity contribution < 1.29 is 9.18 Å². The van der Waals surface area contributed by atoms with E-state index < -0.39 is 0 Å². The number of nitrogens with zero attached hydrogens (tertiary/aromatic N) is 3. The largest absolute Gasteiger partial charge is 0.322 e. The number of carbonyl (C=O) groups excluding carboxylic acids is 1. The van der Waals surface area contributed by atoms with Gasteiger partial charge in [-0.25, -0.2) is 9.18 Å². The van der Waals surface area contributed by atoms with Crippen molar-refractivity contribution in [2.24, 2.45) is 0 Å². The summed E-state index contributed by atoms with van der Waals surface area (Å²) in [7, 11) is 0. The Labute approximate surface area is 172 Å². The van der Waals surface area contributed by atoms with Gasteiger partial charge >= 0.3 is 6.03 Å². The van der Waals surface area contributed by atoms with Gasteiger partial charge in [-0.15, -0.1) is 0 Å². The Bertz CT molecular complexity index is 1250. The summed E-state index contributed by atoms with van der Waals surface area (Å²) in [5.41, 5.74) is 6.51. The van der Waals surface area contributed by atoms with E-state index in [1.54, 1.807) is 23.2 Å². The van der Waals surface area contributed by atoms with Gasteiger partial charge in [0.15, 0.2) is 0 Å². The molecule has 0 unspecified atom stereocenters. The average Bonchev–Trinajstić information content (AvgIpc) is 3.14. The molecule has 2 amide bonds. The van der Waals surface area contributed by atoms with Crippen molar-refractivity contribution in [3.05, 3.63) is 77.4 Å². The standard InChI is InChI=1S/C23H20FN5O/c1-14-10-16(6-8-25-14)22-19-11-17-13-29(9-7-15-2-4-18(24)5-3-15)23(30)26-20(17)12-21(19)27-28-22/h2-6,8,10-12H,7,9,13H2,1H3,(H,26,30)(H,27,28). The van der Waals surface area contributed by atoms with Gasteiger partial charge in [0.25, 0.3) is 0 Å². The fourth-order valence-corrected chi connectivity index (χ4v) is 3.84. The Kier molecular flexibility index (Phi) is 4.43. The van der Waals surface area contributed by atoms with E-state index in [9.17, 15) is 9.18 Å². The zero-order chi connectivity index (χ0) is 20.7. The van der Waals surface area contributed by atoms with Crippen LogP contribution in [0.1, 0.15) is 16.8 Å². The normalized spacial score (nSPS) is 13.4. The molecule has 7 heteroatoms. The number of urea groups is 1. The highest BCUT2D eigenvalue weighted by Gasteiger charge is 2.24. The zero-order valence-electron chi connectivity index (χ0n) is 16.4. The first kappa shape index (κ1) is 18.3. The molecule has 2 N–H and O–H groups in total. The van der Waals surface area contributed by atoms with E-state index in [1.807, 2.05) is 25.1 Å². The maximum absolute atomic E-state index is 13.1. The van der Waals surface area contributed by atoms with Crippen molar-refractivity contribution in [1.82, 2.24) is 20.1 Å². The molecule has 0 radical (unpaired) electrons. The lowest BCUT2D eigenvalue weighted by atomic mass is 10.0. The number of carbonyl (C=O) groups is 1.